The highest BCUT2D eigenvalue weighted by molar-refractivity contribution is 7.13. The number of anilines is 2. The Balaban J connectivity index is 1.46. The third kappa shape index (κ3) is 4.22. The molecule has 1 fully saturated rings. The lowest BCUT2D eigenvalue weighted by molar-refractivity contribution is 0.102. The highest BCUT2D eigenvalue weighted by Gasteiger charge is 2.23. The fourth-order valence-electron chi connectivity index (χ4n) is 2.95. The second kappa shape index (κ2) is 8.32. The first-order chi connectivity index (χ1) is 14.1. The van der Waals surface area contributed by atoms with Crippen molar-refractivity contribution in [2.24, 2.45) is 0 Å². The highest BCUT2D eigenvalue weighted by Crippen LogP contribution is 2.27. The Morgan fingerprint density at radius 1 is 1.28 bits per heavy atom. The summed E-state index contributed by atoms with van der Waals surface area (Å²) in [4.78, 5) is 30.3. The molecule has 2 aromatic carbocycles. The SMILES string of the molecule is CCOc1ccc(-c2nc(C(=O)Nc3cccc(N4CCOC4=O)c3)cs2)cc1. The number of benzene rings is 2. The smallest absolute Gasteiger partial charge is 0.414 e. The van der Waals surface area contributed by atoms with Gasteiger partial charge in [-0.1, -0.05) is 6.07 Å². The zero-order valence-electron chi connectivity index (χ0n) is 15.8. The molecule has 0 saturated carbocycles. The van der Waals surface area contributed by atoms with Crippen LogP contribution in [0.5, 0.6) is 5.75 Å². The molecule has 3 aromatic rings. The van der Waals surface area contributed by atoms with E-state index < -0.39 is 0 Å². The number of carbonyl (C=O) groups excluding carboxylic acids is 2. The van der Waals surface area contributed by atoms with Crippen LogP contribution < -0.4 is 15.0 Å². The third-order valence-electron chi connectivity index (χ3n) is 4.33. The van der Waals surface area contributed by atoms with Crippen molar-refractivity contribution in [1.82, 2.24) is 4.98 Å². The molecule has 1 N–H and O–H groups in total. The van der Waals surface area contributed by atoms with Gasteiger partial charge in [-0.3, -0.25) is 9.69 Å². The van der Waals surface area contributed by atoms with Crippen LogP contribution in [0.2, 0.25) is 0 Å². The highest BCUT2D eigenvalue weighted by atomic mass is 32.1. The summed E-state index contributed by atoms with van der Waals surface area (Å²) in [5, 5.41) is 5.32. The molecule has 1 aliphatic rings. The minimum atomic E-state index is -0.382. The van der Waals surface area contributed by atoms with Crippen LogP contribution in [0.25, 0.3) is 10.6 Å². The van der Waals surface area contributed by atoms with Crippen LogP contribution in [-0.4, -0.2) is 36.7 Å². The van der Waals surface area contributed by atoms with Gasteiger partial charge in [-0.25, -0.2) is 9.78 Å². The number of hydrogen-bond donors (Lipinski definition) is 1. The van der Waals surface area contributed by atoms with Crippen molar-refractivity contribution in [2.45, 2.75) is 6.92 Å². The summed E-state index contributed by atoms with van der Waals surface area (Å²) in [6.45, 7) is 3.41. The molecular weight excluding hydrogens is 390 g/mol. The number of aromatic nitrogens is 1. The van der Waals surface area contributed by atoms with Gasteiger partial charge in [0.2, 0.25) is 0 Å². The maximum atomic E-state index is 12.6. The Hall–Kier alpha value is -3.39. The normalized spacial score (nSPS) is 13.3. The van der Waals surface area contributed by atoms with Crippen LogP contribution in [0.15, 0.2) is 53.9 Å². The van der Waals surface area contributed by atoms with Crippen molar-refractivity contribution in [1.29, 1.82) is 0 Å². The standard InChI is InChI=1S/C21H19N3O4S/c1-2-27-17-8-6-14(7-9-17)20-23-18(13-29-20)19(25)22-15-4-3-5-16(12-15)24-10-11-28-21(24)26/h3-9,12-13H,2,10-11H2,1H3,(H,22,25). The second-order valence-electron chi connectivity index (χ2n) is 6.27. The van der Waals surface area contributed by atoms with Crippen molar-refractivity contribution >= 4 is 34.7 Å². The van der Waals surface area contributed by atoms with Crippen LogP contribution in [0.3, 0.4) is 0 Å². The van der Waals surface area contributed by atoms with E-state index in [1.54, 1.807) is 29.6 Å². The molecule has 0 unspecified atom stereocenters. The van der Waals surface area contributed by atoms with Gasteiger partial charge in [0, 0.05) is 22.3 Å². The molecule has 2 heterocycles. The minimum absolute atomic E-state index is 0.306. The van der Waals surface area contributed by atoms with Gasteiger partial charge in [0.1, 0.15) is 23.1 Å². The molecule has 1 saturated heterocycles. The lowest BCUT2D eigenvalue weighted by Gasteiger charge is -2.14. The number of nitrogens with zero attached hydrogens (tertiary/aromatic N) is 2. The van der Waals surface area contributed by atoms with Gasteiger partial charge in [0.25, 0.3) is 5.91 Å². The third-order valence-corrected chi connectivity index (χ3v) is 5.22. The summed E-state index contributed by atoms with van der Waals surface area (Å²) >= 11 is 1.40. The molecule has 0 spiro atoms. The zero-order chi connectivity index (χ0) is 20.2. The first-order valence-corrected chi connectivity index (χ1v) is 10.1. The predicted molar refractivity (Wildman–Crippen MR) is 112 cm³/mol. The van der Waals surface area contributed by atoms with Crippen molar-refractivity contribution in [3.8, 4) is 16.3 Å². The molecule has 148 valence electrons. The van der Waals surface area contributed by atoms with Gasteiger partial charge in [0.15, 0.2) is 0 Å². The molecule has 29 heavy (non-hydrogen) atoms. The van der Waals surface area contributed by atoms with Gasteiger partial charge >= 0.3 is 6.09 Å². The maximum absolute atomic E-state index is 12.6. The number of cyclic esters (lactones) is 1. The number of thiazole rings is 1. The van der Waals surface area contributed by atoms with E-state index in [0.29, 0.717) is 36.8 Å². The Morgan fingerprint density at radius 2 is 2.10 bits per heavy atom. The number of ether oxygens (including phenoxy) is 2. The number of rotatable bonds is 6. The van der Waals surface area contributed by atoms with E-state index in [1.165, 1.54) is 16.2 Å². The van der Waals surface area contributed by atoms with Gasteiger partial charge < -0.3 is 14.8 Å². The van der Waals surface area contributed by atoms with Gasteiger partial charge in [-0.05, 0) is 49.4 Å². The van der Waals surface area contributed by atoms with Crippen LogP contribution in [0.1, 0.15) is 17.4 Å². The second-order valence-corrected chi connectivity index (χ2v) is 7.12. The van der Waals surface area contributed by atoms with E-state index in [1.807, 2.05) is 31.2 Å². The summed E-state index contributed by atoms with van der Waals surface area (Å²) in [7, 11) is 0. The first-order valence-electron chi connectivity index (χ1n) is 9.18. The topological polar surface area (TPSA) is 80.8 Å². The van der Waals surface area contributed by atoms with Crippen LogP contribution in [-0.2, 0) is 4.74 Å². The molecule has 4 rings (SSSR count). The lowest BCUT2D eigenvalue weighted by Crippen LogP contribution is -2.23. The predicted octanol–water partition coefficient (Wildman–Crippen LogP) is 4.42. The molecule has 0 radical (unpaired) electrons. The molecule has 1 aromatic heterocycles. The Labute approximate surface area is 171 Å². The van der Waals surface area contributed by atoms with E-state index in [9.17, 15) is 9.59 Å². The molecule has 8 heteroatoms. The molecular formula is C21H19N3O4S. The molecule has 7 nitrogen and oxygen atoms in total. The fourth-order valence-corrected chi connectivity index (χ4v) is 3.75. The Morgan fingerprint density at radius 3 is 2.83 bits per heavy atom. The van der Waals surface area contributed by atoms with E-state index >= 15 is 0 Å². The number of carbonyl (C=O) groups is 2. The van der Waals surface area contributed by atoms with Crippen LogP contribution in [0.4, 0.5) is 16.2 Å². The molecule has 0 atom stereocenters. The first kappa shape index (κ1) is 18.9. The quantitative estimate of drug-likeness (QED) is 0.652. The Kier molecular flexibility index (Phi) is 5.44. The fraction of sp³-hybridized carbons (Fsp3) is 0.190. The summed E-state index contributed by atoms with van der Waals surface area (Å²) in [5.41, 5.74) is 2.53. The van der Waals surface area contributed by atoms with Crippen molar-refractivity contribution in [2.75, 3.05) is 30.0 Å². The largest absolute Gasteiger partial charge is 0.494 e. The average molecular weight is 409 g/mol. The van der Waals surface area contributed by atoms with Crippen molar-refractivity contribution < 1.29 is 19.1 Å². The van der Waals surface area contributed by atoms with Crippen LogP contribution in [0, 0.1) is 0 Å². The summed E-state index contributed by atoms with van der Waals surface area (Å²) in [5.74, 6) is 0.493. The molecule has 2 amide bonds. The van der Waals surface area contributed by atoms with Gasteiger partial charge in [-0.2, -0.15) is 0 Å². The van der Waals surface area contributed by atoms with E-state index in [2.05, 4.69) is 10.3 Å². The summed E-state index contributed by atoms with van der Waals surface area (Å²) in [6, 6.07) is 14.7. The number of nitrogens with one attached hydrogen (secondary N) is 1. The van der Waals surface area contributed by atoms with E-state index in [0.717, 1.165) is 16.3 Å². The van der Waals surface area contributed by atoms with Crippen molar-refractivity contribution in [3.63, 3.8) is 0 Å². The Bertz CT molecular complexity index is 1030. The van der Waals surface area contributed by atoms with Crippen LogP contribution >= 0.6 is 11.3 Å². The van der Waals surface area contributed by atoms with E-state index in [4.69, 9.17) is 9.47 Å². The zero-order valence-corrected chi connectivity index (χ0v) is 16.6. The van der Waals surface area contributed by atoms with Gasteiger partial charge in [0.05, 0.1) is 13.2 Å². The minimum Gasteiger partial charge on any atom is -0.494 e. The average Bonchev–Trinajstić information content (AvgIpc) is 3.38. The maximum Gasteiger partial charge on any atom is 0.414 e. The molecule has 0 bridgehead atoms. The lowest BCUT2D eigenvalue weighted by atomic mass is 10.2. The summed E-state index contributed by atoms with van der Waals surface area (Å²) < 4.78 is 10.4. The number of amides is 2. The summed E-state index contributed by atoms with van der Waals surface area (Å²) in [6.07, 6.45) is -0.382. The van der Waals surface area contributed by atoms with E-state index in [-0.39, 0.29) is 12.0 Å². The molecule has 0 aliphatic carbocycles. The van der Waals surface area contributed by atoms with Crippen molar-refractivity contribution in [3.05, 3.63) is 59.6 Å². The van der Waals surface area contributed by atoms with Gasteiger partial charge in [-0.15, -0.1) is 11.3 Å². The number of hydrogen-bond acceptors (Lipinski definition) is 6. The monoisotopic (exact) mass is 409 g/mol. The molecule has 1 aliphatic heterocycles.